The molecule has 0 fully saturated rings. The van der Waals surface area contributed by atoms with Crippen molar-refractivity contribution in [3.63, 3.8) is 0 Å². The van der Waals surface area contributed by atoms with Crippen LogP contribution in [0.5, 0.6) is 0 Å². The van der Waals surface area contributed by atoms with Gasteiger partial charge in [0.2, 0.25) is 0 Å². The molecule has 1 atom stereocenters. The van der Waals surface area contributed by atoms with E-state index in [1.165, 1.54) is 0 Å². The molecule has 0 aliphatic heterocycles. The summed E-state index contributed by atoms with van der Waals surface area (Å²) in [6.45, 7) is 10.4. The molecule has 0 saturated carbocycles. The molecule has 1 rings (SSSR count). The maximum atomic E-state index is 12.3. The molecule has 4 heteroatoms. The minimum Gasteiger partial charge on any atom is -0.444 e. The predicted molar refractivity (Wildman–Crippen MR) is 75.9 cm³/mol. The van der Waals surface area contributed by atoms with Gasteiger partial charge in [0.05, 0.1) is 6.04 Å². The number of hydrogen-bond acceptors (Lipinski definition) is 3. The van der Waals surface area contributed by atoms with E-state index in [0.717, 1.165) is 12.0 Å². The summed E-state index contributed by atoms with van der Waals surface area (Å²) in [5, 5.41) is 0. The second-order valence-corrected chi connectivity index (χ2v) is 5.63. The van der Waals surface area contributed by atoms with Crippen molar-refractivity contribution in [1.29, 1.82) is 0 Å². The number of carbonyl (C=O) groups is 1. The van der Waals surface area contributed by atoms with Crippen LogP contribution in [0.15, 0.2) is 24.5 Å². The molecule has 1 aromatic heterocycles. The minimum absolute atomic E-state index is 0.0159. The van der Waals surface area contributed by atoms with Gasteiger partial charge < -0.3 is 9.64 Å². The zero-order chi connectivity index (χ0) is 14.5. The topological polar surface area (TPSA) is 42.4 Å². The number of hydrogen-bond donors (Lipinski definition) is 0. The van der Waals surface area contributed by atoms with Gasteiger partial charge >= 0.3 is 6.09 Å². The second kappa shape index (κ2) is 6.55. The number of ether oxygens (including phenoxy) is 1. The van der Waals surface area contributed by atoms with Crippen molar-refractivity contribution in [3.05, 3.63) is 30.1 Å². The van der Waals surface area contributed by atoms with Crippen LogP contribution >= 0.6 is 0 Å². The van der Waals surface area contributed by atoms with Crippen LogP contribution in [0, 0.1) is 0 Å². The molecule has 0 aliphatic rings. The maximum Gasteiger partial charge on any atom is 0.410 e. The molecule has 1 amide bonds. The van der Waals surface area contributed by atoms with E-state index in [9.17, 15) is 4.79 Å². The Morgan fingerprint density at radius 1 is 1.37 bits per heavy atom. The van der Waals surface area contributed by atoms with E-state index in [4.69, 9.17) is 4.74 Å². The first kappa shape index (κ1) is 15.5. The molecule has 1 unspecified atom stereocenters. The van der Waals surface area contributed by atoms with Gasteiger partial charge in [-0.05, 0) is 51.8 Å². The average Bonchev–Trinajstić information content (AvgIpc) is 2.34. The zero-order valence-corrected chi connectivity index (χ0v) is 12.5. The lowest BCUT2D eigenvalue weighted by Crippen LogP contribution is -2.38. The normalized spacial score (nSPS) is 12.9. The van der Waals surface area contributed by atoms with Crippen LogP contribution in [0.2, 0.25) is 0 Å². The Morgan fingerprint density at radius 2 is 1.95 bits per heavy atom. The number of rotatable bonds is 4. The summed E-state index contributed by atoms with van der Waals surface area (Å²) in [6.07, 6.45) is 4.11. The summed E-state index contributed by atoms with van der Waals surface area (Å²) in [5.41, 5.74) is 0.593. The van der Waals surface area contributed by atoms with E-state index in [2.05, 4.69) is 11.9 Å². The SMILES string of the molecule is CCCN(C(=O)OC(C)(C)C)C(C)c1ccncc1. The highest BCUT2D eigenvalue weighted by molar-refractivity contribution is 5.68. The lowest BCUT2D eigenvalue weighted by Gasteiger charge is -2.31. The molecule has 4 nitrogen and oxygen atoms in total. The molecule has 0 bridgehead atoms. The maximum absolute atomic E-state index is 12.3. The largest absolute Gasteiger partial charge is 0.444 e. The van der Waals surface area contributed by atoms with E-state index >= 15 is 0 Å². The number of aromatic nitrogens is 1. The summed E-state index contributed by atoms with van der Waals surface area (Å²) < 4.78 is 5.47. The summed E-state index contributed by atoms with van der Waals surface area (Å²) in [6, 6.07) is 3.84. The predicted octanol–water partition coefficient (Wildman–Crippen LogP) is 3.79. The summed E-state index contributed by atoms with van der Waals surface area (Å²) in [5.74, 6) is 0. The fourth-order valence-electron chi connectivity index (χ4n) is 1.83. The highest BCUT2D eigenvalue weighted by atomic mass is 16.6. The highest BCUT2D eigenvalue weighted by Crippen LogP contribution is 2.22. The van der Waals surface area contributed by atoms with Crippen molar-refractivity contribution in [2.75, 3.05) is 6.54 Å². The Kier molecular flexibility index (Phi) is 5.33. The highest BCUT2D eigenvalue weighted by Gasteiger charge is 2.26. The molecule has 19 heavy (non-hydrogen) atoms. The first-order chi connectivity index (χ1) is 8.85. The van der Waals surface area contributed by atoms with Gasteiger partial charge in [-0.2, -0.15) is 0 Å². The van der Waals surface area contributed by atoms with E-state index < -0.39 is 5.60 Å². The van der Waals surface area contributed by atoms with Gasteiger partial charge in [-0.1, -0.05) is 6.92 Å². The Bertz CT molecular complexity index is 398. The molecule has 1 heterocycles. The van der Waals surface area contributed by atoms with E-state index in [-0.39, 0.29) is 12.1 Å². The van der Waals surface area contributed by atoms with Crippen LogP contribution < -0.4 is 0 Å². The van der Waals surface area contributed by atoms with Crippen LogP contribution in [0.1, 0.15) is 52.6 Å². The van der Waals surface area contributed by atoms with E-state index in [1.54, 1.807) is 17.3 Å². The molecule has 0 aromatic carbocycles. The fourth-order valence-corrected chi connectivity index (χ4v) is 1.83. The fraction of sp³-hybridized carbons (Fsp3) is 0.600. The minimum atomic E-state index is -0.471. The third-order valence-electron chi connectivity index (χ3n) is 2.75. The van der Waals surface area contributed by atoms with Crippen molar-refractivity contribution in [3.8, 4) is 0 Å². The Morgan fingerprint density at radius 3 is 2.42 bits per heavy atom. The van der Waals surface area contributed by atoms with Crippen molar-refractivity contribution in [2.45, 2.75) is 52.7 Å². The zero-order valence-electron chi connectivity index (χ0n) is 12.5. The van der Waals surface area contributed by atoms with Gasteiger partial charge in [0.15, 0.2) is 0 Å². The Balaban J connectivity index is 2.85. The molecular weight excluding hydrogens is 240 g/mol. The monoisotopic (exact) mass is 264 g/mol. The lowest BCUT2D eigenvalue weighted by atomic mass is 10.1. The van der Waals surface area contributed by atoms with Crippen LogP contribution in [0.3, 0.4) is 0 Å². The first-order valence-corrected chi connectivity index (χ1v) is 6.74. The number of carbonyl (C=O) groups excluding carboxylic acids is 1. The van der Waals surface area contributed by atoms with Crippen LogP contribution in [0.4, 0.5) is 4.79 Å². The van der Waals surface area contributed by atoms with Crippen LogP contribution in [0.25, 0.3) is 0 Å². The molecule has 0 aliphatic carbocycles. The third-order valence-corrected chi connectivity index (χ3v) is 2.75. The summed E-state index contributed by atoms with van der Waals surface area (Å²) >= 11 is 0. The van der Waals surface area contributed by atoms with Gasteiger partial charge in [-0.25, -0.2) is 4.79 Å². The van der Waals surface area contributed by atoms with Gasteiger partial charge in [0.25, 0.3) is 0 Å². The smallest absolute Gasteiger partial charge is 0.410 e. The Labute approximate surface area is 115 Å². The quantitative estimate of drug-likeness (QED) is 0.831. The molecular formula is C15H24N2O2. The van der Waals surface area contributed by atoms with Crippen molar-refractivity contribution < 1.29 is 9.53 Å². The summed E-state index contributed by atoms with van der Waals surface area (Å²) in [4.78, 5) is 18.0. The molecule has 106 valence electrons. The molecule has 1 aromatic rings. The molecule has 0 spiro atoms. The van der Waals surface area contributed by atoms with Crippen LogP contribution in [-0.4, -0.2) is 28.1 Å². The van der Waals surface area contributed by atoms with Gasteiger partial charge in [0.1, 0.15) is 5.60 Å². The molecule has 0 radical (unpaired) electrons. The van der Waals surface area contributed by atoms with Gasteiger partial charge in [-0.3, -0.25) is 4.98 Å². The number of amides is 1. The summed E-state index contributed by atoms with van der Waals surface area (Å²) in [7, 11) is 0. The van der Waals surface area contributed by atoms with E-state index in [1.807, 2.05) is 39.8 Å². The van der Waals surface area contributed by atoms with Crippen molar-refractivity contribution in [2.24, 2.45) is 0 Å². The average molecular weight is 264 g/mol. The van der Waals surface area contributed by atoms with Crippen molar-refractivity contribution in [1.82, 2.24) is 9.88 Å². The second-order valence-electron chi connectivity index (χ2n) is 5.63. The van der Waals surface area contributed by atoms with Gasteiger partial charge in [0, 0.05) is 18.9 Å². The molecule has 0 saturated heterocycles. The Hall–Kier alpha value is -1.58. The van der Waals surface area contributed by atoms with Gasteiger partial charge in [-0.15, -0.1) is 0 Å². The number of pyridine rings is 1. The van der Waals surface area contributed by atoms with Crippen LogP contribution in [-0.2, 0) is 4.74 Å². The standard InChI is InChI=1S/C15H24N2O2/c1-6-11-17(14(18)19-15(3,4)5)12(2)13-7-9-16-10-8-13/h7-10,12H,6,11H2,1-5H3. The number of nitrogens with zero attached hydrogens (tertiary/aromatic N) is 2. The third kappa shape index (κ3) is 4.89. The lowest BCUT2D eigenvalue weighted by molar-refractivity contribution is 0.0173. The first-order valence-electron chi connectivity index (χ1n) is 6.74. The molecule has 0 N–H and O–H groups in total. The van der Waals surface area contributed by atoms with E-state index in [0.29, 0.717) is 6.54 Å². The van der Waals surface area contributed by atoms with Crippen molar-refractivity contribution >= 4 is 6.09 Å².